The van der Waals surface area contributed by atoms with Gasteiger partial charge in [0.15, 0.2) is 0 Å². The molecule has 0 aromatic carbocycles. The highest BCUT2D eigenvalue weighted by Gasteiger charge is 2.33. The third-order valence-corrected chi connectivity index (χ3v) is 4.13. The van der Waals surface area contributed by atoms with E-state index < -0.39 is 0 Å². The van der Waals surface area contributed by atoms with Gasteiger partial charge in [0.2, 0.25) is 0 Å². The van der Waals surface area contributed by atoms with Gasteiger partial charge in [-0.2, -0.15) is 5.10 Å². The van der Waals surface area contributed by atoms with Crippen molar-refractivity contribution in [2.75, 3.05) is 20.3 Å². The quantitative estimate of drug-likeness (QED) is 0.605. The van der Waals surface area contributed by atoms with Crippen molar-refractivity contribution >= 4 is 15.9 Å². The maximum atomic E-state index is 5.76. The van der Waals surface area contributed by atoms with Crippen LogP contribution in [0.25, 0.3) is 0 Å². The molecule has 3 N–H and O–H groups in total. The largest absolute Gasteiger partial charge is 0.383 e. The van der Waals surface area contributed by atoms with Gasteiger partial charge in [0.1, 0.15) is 0 Å². The summed E-state index contributed by atoms with van der Waals surface area (Å²) in [4.78, 5) is 0. The Kier molecular flexibility index (Phi) is 5.35. The van der Waals surface area contributed by atoms with Gasteiger partial charge >= 0.3 is 0 Å². The Labute approximate surface area is 121 Å². The summed E-state index contributed by atoms with van der Waals surface area (Å²) in [6, 6.07) is 0.0266. The number of nitrogens with two attached hydrogens (primary N) is 1. The average Bonchev–Trinajstić information content (AvgIpc) is 2.97. The lowest BCUT2D eigenvalue weighted by molar-refractivity contribution is 0.116. The predicted molar refractivity (Wildman–Crippen MR) is 75.4 cm³/mol. The van der Waals surface area contributed by atoms with Crippen LogP contribution in [-0.2, 0) is 16.0 Å². The van der Waals surface area contributed by atoms with Crippen molar-refractivity contribution in [3.05, 3.63) is 16.4 Å². The van der Waals surface area contributed by atoms with E-state index in [1.54, 1.807) is 13.3 Å². The van der Waals surface area contributed by atoms with Crippen LogP contribution in [0, 0.1) is 5.92 Å². The van der Waals surface area contributed by atoms with E-state index in [9.17, 15) is 0 Å². The van der Waals surface area contributed by atoms with Gasteiger partial charge in [-0.3, -0.25) is 16.0 Å². The molecule has 1 aromatic heterocycles. The first kappa shape index (κ1) is 14.9. The van der Waals surface area contributed by atoms with Crippen LogP contribution in [0.1, 0.15) is 25.1 Å². The monoisotopic (exact) mass is 332 g/mol. The van der Waals surface area contributed by atoms with Crippen LogP contribution in [0.3, 0.4) is 0 Å². The topological polar surface area (TPSA) is 74.3 Å². The molecule has 1 aromatic rings. The Hall–Kier alpha value is -0.470. The minimum absolute atomic E-state index is 0.0266. The number of methoxy groups -OCH3 is 1. The van der Waals surface area contributed by atoms with Crippen molar-refractivity contribution in [2.24, 2.45) is 11.8 Å². The number of hydrazine groups is 1. The molecule has 0 spiro atoms. The first-order chi connectivity index (χ1) is 9.17. The summed E-state index contributed by atoms with van der Waals surface area (Å²) in [5, 5.41) is 4.37. The van der Waals surface area contributed by atoms with Gasteiger partial charge in [0.05, 0.1) is 48.3 Å². The standard InChI is InChI=1S/C12H21BrN4O2/c1-8-5-9(7-19-8)11(16-14)12-10(13)6-15-17(12)3-4-18-2/h6,8-9,11,16H,3-5,7,14H2,1-2H3. The third-order valence-electron chi connectivity index (χ3n) is 3.52. The summed E-state index contributed by atoms with van der Waals surface area (Å²) in [6.07, 6.45) is 3.08. The lowest BCUT2D eigenvalue weighted by Gasteiger charge is -2.23. The smallest absolute Gasteiger partial charge is 0.0713 e. The van der Waals surface area contributed by atoms with E-state index in [4.69, 9.17) is 15.3 Å². The predicted octanol–water partition coefficient (Wildman–Crippen LogP) is 1.22. The molecule has 6 nitrogen and oxygen atoms in total. The lowest BCUT2D eigenvalue weighted by Crippen LogP contribution is -2.36. The van der Waals surface area contributed by atoms with Gasteiger partial charge < -0.3 is 9.47 Å². The molecule has 2 heterocycles. The van der Waals surface area contributed by atoms with E-state index in [0.29, 0.717) is 19.1 Å². The normalized spacial score (nSPS) is 24.8. The van der Waals surface area contributed by atoms with Gasteiger partial charge in [0, 0.05) is 13.0 Å². The van der Waals surface area contributed by atoms with Crippen LogP contribution in [0.4, 0.5) is 0 Å². The highest BCUT2D eigenvalue weighted by atomic mass is 79.9. The van der Waals surface area contributed by atoms with Crippen LogP contribution in [-0.4, -0.2) is 36.2 Å². The second-order valence-corrected chi connectivity index (χ2v) is 5.73. The van der Waals surface area contributed by atoms with E-state index >= 15 is 0 Å². The SMILES string of the molecule is COCCn1ncc(Br)c1C(NN)C1COC(C)C1. The van der Waals surface area contributed by atoms with Crippen LogP contribution in [0.5, 0.6) is 0 Å². The average molecular weight is 333 g/mol. The number of aromatic nitrogens is 2. The minimum Gasteiger partial charge on any atom is -0.383 e. The Morgan fingerprint density at radius 3 is 3.11 bits per heavy atom. The zero-order valence-electron chi connectivity index (χ0n) is 11.3. The summed E-state index contributed by atoms with van der Waals surface area (Å²) in [6.45, 7) is 4.14. The zero-order valence-corrected chi connectivity index (χ0v) is 12.9. The summed E-state index contributed by atoms with van der Waals surface area (Å²) in [5.74, 6) is 6.11. The molecule has 2 rings (SSSR count). The molecular weight excluding hydrogens is 312 g/mol. The van der Waals surface area contributed by atoms with Gasteiger partial charge in [-0.1, -0.05) is 0 Å². The summed E-state index contributed by atoms with van der Waals surface area (Å²) in [5.41, 5.74) is 3.97. The van der Waals surface area contributed by atoms with Crippen LogP contribution in [0.15, 0.2) is 10.7 Å². The van der Waals surface area contributed by atoms with Crippen molar-refractivity contribution in [2.45, 2.75) is 32.0 Å². The van der Waals surface area contributed by atoms with Gasteiger partial charge in [-0.25, -0.2) is 0 Å². The first-order valence-corrected chi connectivity index (χ1v) is 7.24. The molecule has 1 fully saturated rings. The van der Waals surface area contributed by atoms with Crippen molar-refractivity contribution in [1.29, 1.82) is 0 Å². The molecule has 0 radical (unpaired) electrons. The van der Waals surface area contributed by atoms with E-state index in [2.05, 4.69) is 33.4 Å². The molecule has 19 heavy (non-hydrogen) atoms. The Balaban J connectivity index is 2.19. The van der Waals surface area contributed by atoms with E-state index in [-0.39, 0.29) is 12.1 Å². The number of ether oxygens (including phenoxy) is 2. The highest BCUT2D eigenvalue weighted by molar-refractivity contribution is 9.10. The summed E-state index contributed by atoms with van der Waals surface area (Å²) < 4.78 is 13.7. The highest BCUT2D eigenvalue weighted by Crippen LogP contribution is 2.34. The van der Waals surface area contributed by atoms with E-state index in [1.165, 1.54) is 0 Å². The summed E-state index contributed by atoms with van der Waals surface area (Å²) in [7, 11) is 1.68. The van der Waals surface area contributed by atoms with E-state index in [1.807, 2.05) is 4.68 Å². The van der Waals surface area contributed by atoms with Crippen molar-refractivity contribution in [1.82, 2.24) is 15.2 Å². The number of halogens is 1. The molecule has 7 heteroatoms. The molecule has 1 aliphatic rings. The fraction of sp³-hybridized carbons (Fsp3) is 0.750. The van der Waals surface area contributed by atoms with Crippen LogP contribution in [0.2, 0.25) is 0 Å². The Bertz CT molecular complexity index is 412. The fourth-order valence-electron chi connectivity index (χ4n) is 2.56. The fourth-order valence-corrected chi connectivity index (χ4v) is 3.10. The van der Waals surface area contributed by atoms with E-state index in [0.717, 1.165) is 23.2 Å². The first-order valence-electron chi connectivity index (χ1n) is 6.45. The third kappa shape index (κ3) is 3.35. The number of hydrogen-bond acceptors (Lipinski definition) is 5. The van der Waals surface area contributed by atoms with Gasteiger partial charge in [0.25, 0.3) is 0 Å². The molecule has 1 saturated heterocycles. The van der Waals surface area contributed by atoms with Gasteiger partial charge in [-0.15, -0.1) is 0 Å². The van der Waals surface area contributed by atoms with Crippen molar-refractivity contribution in [3.63, 3.8) is 0 Å². The number of rotatable bonds is 6. The molecule has 3 atom stereocenters. The second kappa shape index (κ2) is 6.81. The van der Waals surface area contributed by atoms with Gasteiger partial charge in [-0.05, 0) is 29.3 Å². The molecule has 1 aliphatic heterocycles. The molecule has 0 bridgehead atoms. The number of nitrogens with zero attached hydrogens (tertiary/aromatic N) is 2. The van der Waals surface area contributed by atoms with Crippen molar-refractivity contribution in [3.8, 4) is 0 Å². The molecule has 0 amide bonds. The lowest BCUT2D eigenvalue weighted by atomic mass is 9.95. The zero-order chi connectivity index (χ0) is 13.8. The summed E-state index contributed by atoms with van der Waals surface area (Å²) >= 11 is 3.55. The van der Waals surface area contributed by atoms with Crippen LogP contribution >= 0.6 is 15.9 Å². The van der Waals surface area contributed by atoms with Crippen LogP contribution < -0.4 is 11.3 Å². The number of nitrogens with one attached hydrogen (secondary N) is 1. The maximum Gasteiger partial charge on any atom is 0.0713 e. The molecule has 108 valence electrons. The Morgan fingerprint density at radius 1 is 1.74 bits per heavy atom. The molecule has 0 saturated carbocycles. The number of hydrogen-bond donors (Lipinski definition) is 2. The Morgan fingerprint density at radius 2 is 2.53 bits per heavy atom. The molecule has 0 aliphatic carbocycles. The maximum absolute atomic E-state index is 5.76. The molecule has 3 unspecified atom stereocenters. The molecular formula is C12H21BrN4O2. The minimum atomic E-state index is 0.0266. The van der Waals surface area contributed by atoms with Crippen molar-refractivity contribution < 1.29 is 9.47 Å². The second-order valence-electron chi connectivity index (χ2n) is 4.88.